The van der Waals surface area contributed by atoms with Crippen molar-refractivity contribution in [3.63, 3.8) is 0 Å². The molecule has 1 aromatic heterocycles. The first-order chi connectivity index (χ1) is 12.5. The van der Waals surface area contributed by atoms with Crippen molar-refractivity contribution in [2.75, 3.05) is 19.0 Å². The van der Waals surface area contributed by atoms with Crippen LogP contribution in [0.3, 0.4) is 0 Å². The number of carbonyl (C=O) groups is 3. The fourth-order valence-electron chi connectivity index (χ4n) is 2.08. The molecule has 1 amide bonds. The lowest BCUT2D eigenvalue weighted by Crippen LogP contribution is -2.16. The molecule has 2 aromatic rings. The summed E-state index contributed by atoms with van der Waals surface area (Å²) < 4.78 is 14.6. The average Bonchev–Trinajstić information content (AvgIpc) is 3.04. The number of aromatic nitrogens is 1. The molecule has 0 radical (unpaired) electrons. The molecule has 0 aliphatic rings. The number of halogens is 1. The van der Waals surface area contributed by atoms with Crippen molar-refractivity contribution in [3.8, 4) is 11.3 Å². The van der Waals surface area contributed by atoms with Gasteiger partial charge in [-0.15, -0.1) is 0 Å². The first-order valence-corrected chi connectivity index (χ1v) is 8.13. The summed E-state index contributed by atoms with van der Waals surface area (Å²) >= 11 is 5.87. The molecule has 0 saturated carbocycles. The van der Waals surface area contributed by atoms with Gasteiger partial charge >= 0.3 is 11.9 Å². The number of rotatable bonds is 7. The van der Waals surface area contributed by atoms with Crippen LogP contribution in [0, 0.1) is 0 Å². The minimum atomic E-state index is -0.693. The third-order valence-corrected chi connectivity index (χ3v) is 3.58. The lowest BCUT2D eigenvalue weighted by molar-refractivity contribution is -0.141. The summed E-state index contributed by atoms with van der Waals surface area (Å²) in [5, 5.41) is 6.81. The fourth-order valence-corrected chi connectivity index (χ4v) is 2.21. The molecule has 138 valence electrons. The number of benzene rings is 1. The second-order valence-electron chi connectivity index (χ2n) is 5.09. The zero-order valence-electron chi connectivity index (χ0n) is 14.2. The lowest BCUT2D eigenvalue weighted by Gasteiger charge is -2.05. The maximum absolute atomic E-state index is 12.3. The van der Waals surface area contributed by atoms with E-state index in [1.807, 2.05) is 0 Å². The van der Waals surface area contributed by atoms with E-state index in [0.29, 0.717) is 10.6 Å². The topological polar surface area (TPSA) is 108 Å². The molecule has 0 aliphatic carbocycles. The maximum Gasteiger partial charge on any atom is 0.346 e. The van der Waals surface area contributed by atoms with Crippen molar-refractivity contribution in [2.45, 2.75) is 19.8 Å². The van der Waals surface area contributed by atoms with E-state index >= 15 is 0 Å². The second kappa shape index (κ2) is 9.00. The smallest absolute Gasteiger partial charge is 0.346 e. The van der Waals surface area contributed by atoms with Crippen molar-refractivity contribution >= 4 is 35.3 Å². The molecule has 0 atom stereocenters. The number of hydrogen-bond donors (Lipinski definition) is 1. The van der Waals surface area contributed by atoms with Gasteiger partial charge in [-0.1, -0.05) is 28.9 Å². The number of nitrogens with zero attached hydrogens (tertiary/aromatic N) is 1. The van der Waals surface area contributed by atoms with E-state index in [1.165, 1.54) is 7.11 Å². The Bertz CT molecular complexity index is 800. The molecule has 0 bridgehead atoms. The van der Waals surface area contributed by atoms with Crippen molar-refractivity contribution in [1.82, 2.24) is 5.16 Å². The summed E-state index contributed by atoms with van der Waals surface area (Å²) in [5.74, 6) is -1.89. The second-order valence-corrected chi connectivity index (χ2v) is 5.52. The van der Waals surface area contributed by atoms with Crippen LogP contribution in [-0.4, -0.2) is 36.7 Å². The van der Waals surface area contributed by atoms with Gasteiger partial charge in [-0.3, -0.25) is 14.9 Å². The summed E-state index contributed by atoms with van der Waals surface area (Å²) in [4.78, 5) is 35.4. The Morgan fingerprint density at radius 3 is 2.50 bits per heavy atom. The molecule has 1 heterocycles. The molecule has 1 N–H and O–H groups in total. The highest BCUT2D eigenvalue weighted by Gasteiger charge is 2.26. The first kappa shape index (κ1) is 19.5. The van der Waals surface area contributed by atoms with Gasteiger partial charge in [-0.25, -0.2) is 4.79 Å². The van der Waals surface area contributed by atoms with Crippen LogP contribution in [0.2, 0.25) is 5.02 Å². The number of anilines is 1. The Labute approximate surface area is 154 Å². The molecule has 0 saturated heterocycles. The third-order valence-electron chi connectivity index (χ3n) is 3.33. The van der Waals surface area contributed by atoms with E-state index in [0.717, 1.165) is 0 Å². The van der Waals surface area contributed by atoms with Crippen LogP contribution in [0.1, 0.15) is 30.1 Å². The number of ether oxygens (including phenoxy) is 2. The number of hydrogen-bond acceptors (Lipinski definition) is 7. The highest BCUT2D eigenvalue weighted by Crippen LogP contribution is 2.30. The quantitative estimate of drug-likeness (QED) is 0.735. The lowest BCUT2D eigenvalue weighted by atomic mass is 10.1. The minimum absolute atomic E-state index is 0.0133. The first-order valence-electron chi connectivity index (χ1n) is 7.75. The van der Waals surface area contributed by atoms with E-state index in [2.05, 4.69) is 15.2 Å². The number of amides is 1. The zero-order chi connectivity index (χ0) is 19.1. The summed E-state index contributed by atoms with van der Waals surface area (Å²) in [6.45, 7) is 1.79. The van der Waals surface area contributed by atoms with Gasteiger partial charge in [0, 0.05) is 17.0 Å². The van der Waals surface area contributed by atoms with Crippen molar-refractivity contribution in [2.24, 2.45) is 0 Å². The molecule has 8 nitrogen and oxygen atoms in total. The van der Waals surface area contributed by atoms with Gasteiger partial charge in [-0.05, 0) is 19.1 Å². The highest BCUT2D eigenvalue weighted by atomic mass is 35.5. The highest BCUT2D eigenvalue weighted by molar-refractivity contribution is 6.30. The van der Waals surface area contributed by atoms with Gasteiger partial charge in [-0.2, -0.15) is 0 Å². The number of methoxy groups -OCH3 is 1. The molecule has 0 aliphatic heterocycles. The molecule has 26 heavy (non-hydrogen) atoms. The molecule has 9 heteroatoms. The predicted octanol–water partition coefficient (Wildman–Crippen LogP) is 3.06. The van der Waals surface area contributed by atoms with Gasteiger partial charge in [0.05, 0.1) is 20.1 Å². The van der Waals surface area contributed by atoms with Crippen LogP contribution in [-0.2, 0) is 19.1 Å². The van der Waals surface area contributed by atoms with Crippen LogP contribution >= 0.6 is 11.6 Å². The molecule has 1 aromatic carbocycles. The van der Waals surface area contributed by atoms with E-state index in [4.69, 9.17) is 20.9 Å². The molecular weight excluding hydrogens is 364 g/mol. The largest absolute Gasteiger partial charge is 0.469 e. The zero-order valence-corrected chi connectivity index (χ0v) is 15.0. The van der Waals surface area contributed by atoms with Gasteiger partial charge in [0.1, 0.15) is 5.69 Å². The molecule has 0 unspecified atom stereocenters. The molecule has 0 spiro atoms. The van der Waals surface area contributed by atoms with E-state index < -0.39 is 17.8 Å². The van der Waals surface area contributed by atoms with Crippen LogP contribution in [0.5, 0.6) is 0 Å². The van der Waals surface area contributed by atoms with Gasteiger partial charge < -0.3 is 14.0 Å². The van der Waals surface area contributed by atoms with Gasteiger partial charge in [0.2, 0.25) is 11.8 Å². The van der Waals surface area contributed by atoms with E-state index in [1.54, 1.807) is 31.2 Å². The van der Waals surface area contributed by atoms with Gasteiger partial charge in [0.15, 0.2) is 5.56 Å². The standard InChI is InChI=1S/C17H17ClN2O6/c1-3-25-17(23)14-15(10-4-6-11(18)7-5-10)20-26-16(14)19-12(21)8-9-13(22)24-2/h4-7H,3,8-9H2,1-2H3,(H,19,21). The fraction of sp³-hybridized carbons (Fsp3) is 0.294. The minimum Gasteiger partial charge on any atom is -0.469 e. The van der Waals surface area contributed by atoms with Gasteiger partial charge in [0.25, 0.3) is 0 Å². The summed E-state index contributed by atoms with van der Waals surface area (Å²) in [6.07, 6.45) is -0.235. The number of esters is 2. The Balaban J connectivity index is 2.28. The number of carbonyl (C=O) groups excluding carboxylic acids is 3. The molecular formula is C17H17ClN2O6. The predicted molar refractivity (Wildman–Crippen MR) is 92.8 cm³/mol. The Hall–Kier alpha value is -2.87. The Morgan fingerprint density at radius 1 is 1.19 bits per heavy atom. The monoisotopic (exact) mass is 380 g/mol. The van der Waals surface area contributed by atoms with Crippen molar-refractivity contribution in [1.29, 1.82) is 0 Å². The average molecular weight is 381 g/mol. The Morgan fingerprint density at radius 2 is 1.88 bits per heavy atom. The van der Waals surface area contributed by atoms with E-state index in [9.17, 15) is 14.4 Å². The van der Waals surface area contributed by atoms with E-state index in [-0.39, 0.29) is 36.6 Å². The SMILES string of the molecule is CCOC(=O)c1c(-c2ccc(Cl)cc2)noc1NC(=O)CCC(=O)OC. The molecule has 2 rings (SSSR count). The van der Waals surface area contributed by atoms with Crippen molar-refractivity contribution in [3.05, 3.63) is 34.9 Å². The van der Waals surface area contributed by atoms with Crippen molar-refractivity contribution < 1.29 is 28.4 Å². The molecule has 0 fully saturated rings. The van der Waals surface area contributed by atoms with Crippen LogP contribution < -0.4 is 5.32 Å². The van der Waals surface area contributed by atoms with Crippen LogP contribution in [0.25, 0.3) is 11.3 Å². The van der Waals surface area contributed by atoms with Crippen LogP contribution in [0.4, 0.5) is 5.88 Å². The summed E-state index contributed by atoms with van der Waals surface area (Å²) in [7, 11) is 1.23. The maximum atomic E-state index is 12.3. The Kier molecular flexibility index (Phi) is 6.74. The summed E-state index contributed by atoms with van der Waals surface area (Å²) in [5.41, 5.74) is 0.764. The third kappa shape index (κ3) is 4.82. The van der Waals surface area contributed by atoms with Crippen LogP contribution in [0.15, 0.2) is 28.8 Å². The summed E-state index contributed by atoms with van der Waals surface area (Å²) in [6, 6.07) is 6.59. The number of nitrogens with one attached hydrogen (secondary N) is 1. The normalized spacial score (nSPS) is 10.3.